The van der Waals surface area contributed by atoms with Crippen LogP contribution in [0.5, 0.6) is 0 Å². The van der Waals surface area contributed by atoms with E-state index in [1.807, 2.05) is 0 Å². The lowest BCUT2D eigenvalue weighted by atomic mass is 10.1. The van der Waals surface area contributed by atoms with Crippen LogP contribution in [-0.2, 0) is 21.9 Å². The van der Waals surface area contributed by atoms with E-state index in [0.29, 0.717) is 12.8 Å². The van der Waals surface area contributed by atoms with Crippen LogP contribution in [0.3, 0.4) is 0 Å². The van der Waals surface area contributed by atoms with Crippen molar-refractivity contribution in [3.05, 3.63) is 12.4 Å². The van der Waals surface area contributed by atoms with E-state index in [4.69, 9.17) is 5.11 Å². The van der Waals surface area contributed by atoms with Crippen LogP contribution < -0.4 is 4.72 Å². The molecule has 0 aromatic carbocycles. The summed E-state index contributed by atoms with van der Waals surface area (Å²) in [6, 6.07) is 0. The zero-order valence-corrected chi connectivity index (χ0v) is 11.1. The minimum absolute atomic E-state index is 0.108. The van der Waals surface area contributed by atoms with E-state index in [9.17, 15) is 13.2 Å². The first-order valence-corrected chi connectivity index (χ1v) is 7.02. The van der Waals surface area contributed by atoms with Gasteiger partial charge in [0.05, 0.1) is 12.1 Å². The zero-order chi connectivity index (χ0) is 13.8. The number of hydrogen-bond donors (Lipinski definition) is 2. The second-order valence-corrected chi connectivity index (χ2v) is 5.90. The maximum atomic E-state index is 11.7. The summed E-state index contributed by atoms with van der Waals surface area (Å²) in [5.74, 6) is -1.34. The monoisotopic (exact) mass is 275 g/mol. The summed E-state index contributed by atoms with van der Waals surface area (Å²) in [5.41, 5.74) is 0. The molecule has 0 saturated carbocycles. The molecule has 0 aliphatic heterocycles. The third kappa shape index (κ3) is 4.11. The number of rotatable bonds is 7. The molecule has 8 heteroatoms. The lowest BCUT2D eigenvalue weighted by Crippen LogP contribution is -2.25. The van der Waals surface area contributed by atoms with Gasteiger partial charge in [-0.2, -0.15) is 5.10 Å². The number of aryl methyl sites for hydroxylation is 1. The van der Waals surface area contributed by atoms with Crippen molar-refractivity contribution in [3.63, 3.8) is 0 Å². The highest BCUT2D eigenvalue weighted by Gasteiger charge is 2.16. The molecule has 0 radical (unpaired) electrons. The fraction of sp³-hybridized carbons (Fsp3) is 0.600. The molecule has 1 rings (SSSR count). The smallest absolute Gasteiger partial charge is 0.306 e. The highest BCUT2D eigenvalue weighted by molar-refractivity contribution is 7.89. The van der Waals surface area contributed by atoms with Crippen molar-refractivity contribution in [2.75, 3.05) is 6.54 Å². The molecule has 2 N–H and O–H groups in total. The van der Waals surface area contributed by atoms with Crippen LogP contribution in [0.1, 0.15) is 19.8 Å². The summed E-state index contributed by atoms with van der Waals surface area (Å²) in [6.07, 6.45) is 3.59. The Kier molecular flexibility index (Phi) is 4.85. The van der Waals surface area contributed by atoms with Crippen molar-refractivity contribution in [2.24, 2.45) is 13.0 Å². The lowest BCUT2D eigenvalue weighted by molar-refractivity contribution is -0.141. The zero-order valence-electron chi connectivity index (χ0n) is 10.3. The predicted molar refractivity (Wildman–Crippen MR) is 64.4 cm³/mol. The molecule has 1 aromatic heterocycles. The number of nitrogens with one attached hydrogen (secondary N) is 1. The first kappa shape index (κ1) is 14.7. The standard InChI is InChI=1S/C10H17N3O4S/c1-8(10(14)15)4-3-5-12-18(16,17)9-6-11-13(2)7-9/h6-8,12H,3-5H2,1-2H3,(H,14,15). The van der Waals surface area contributed by atoms with Crippen LogP contribution in [0.2, 0.25) is 0 Å². The van der Waals surface area contributed by atoms with Crippen LogP contribution in [-0.4, -0.2) is 35.8 Å². The van der Waals surface area contributed by atoms with Gasteiger partial charge in [0, 0.05) is 19.8 Å². The summed E-state index contributed by atoms with van der Waals surface area (Å²) >= 11 is 0. The Bertz CT molecular complexity index is 509. The maximum absolute atomic E-state index is 11.7. The van der Waals surface area contributed by atoms with E-state index in [1.54, 1.807) is 14.0 Å². The Labute approximate surface area is 106 Å². The van der Waals surface area contributed by atoms with Gasteiger partial charge in [-0.1, -0.05) is 6.92 Å². The molecule has 1 aromatic rings. The number of sulfonamides is 1. The van der Waals surface area contributed by atoms with Gasteiger partial charge in [-0.25, -0.2) is 13.1 Å². The third-order valence-electron chi connectivity index (χ3n) is 2.52. The molecule has 1 atom stereocenters. The Morgan fingerprint density at radius 3 is 2.78 bits per heavy atom. The minimum Gasteiger partial charge on any atom is -0.481 e. The van der Waals surface area contributed by atoms with Crippen molar-refractivity contribution >= 4 is 16.0 Å². The van der Waals surface area contributed by atoms with E-state index >= 15 is 0 Å². The molecule has 0 saturated heterocycles. The topological polar surface area (TPSA) is 101 Å². The molecular formula is C10H17N3O4S. The number of carboxylic acids is 1. The average molecular weight is 275 g/mol. The molecule has 18 heavy (non-hydrogen) atoms. The summed E-state index contributed by atoms with van der Waals surface area (Å²) < 4.78 is 27.3. The quantitative estimate of drug-likeness (QED) is 0.692. The van der Waals surface area contributed by atoms with Crippen LogP contribution in [0.25, 0.3) is 0 Å². The van der Waals surface area contributed by atoms with E-state index in [0.717, 1.165) is 0 Å². The molecule has 1 heterocycles. The van der Waals surface area contributed by atoms with Crippen LogP contribution in [0.4, 0.5) is 0 Å². The second-order valence-electron chi connectivity index (χ2n) is 4.13. The first-order chi connectivity index (χ1) is 8.33. The number of carboxylic acid groups (broad SMARTS) is 1. The predicted octanol–water partition coefficient (Wildman–Crippen LogP) is 0.199. The lowest BCUT2D eigenvalue weighted by Gasteiger charge is -2.07. The number of hydrogen-bond acceptors (Lipinski definition) is 4. The summed E-state index contributed by atoms with van der Waals surface area (Å²) in [7, 11) is -1.91. The van der Waals surface area contributed by atoms with Crippen LogP contribution in [0, 0.1) is 5.92 Å². The largest absolute Gasteiger partial charge is 0.481 e. The number of carbonyl (C=O) groups is 1. The van der Waals surface area contributed by atoms with Crippen LogP contribution >= 0.6 is 0 Å². The average Bonchev–Trinajstić information content (AvgIpc) is 2.71. The van der Waals surface area contributed by atoms with Gasteiger partial charge < -0.3 is 5.11 Å². The van der Waals surface area contributed by atoms with Crippen molar-refractivity contribution in [2.45, 2.75) is 24.7 Å². The van der Waals surface area contributed by atoms with Gasteiger partial charge in [-0.3, -0.25) is 9.48 Å². The van der Waals surface area contributed by atoms with Crippen molar-refractivity contribution < 1.29 is 18.3 Å². The number of aromatic nitrogens is 2. The van der Waals surface area contributed by atoms with E-state index in [-0.39, 0.29) is 11.4 Å². The van der Waals surface area contributed by atoms with Gasteiger partial charge in [0.2, 0.25) is 10.0 Å². The number of nitrogens with zero attached hydrogens (tertiary/aromatic N) is 2. The van der Waals surface area contributed by atoms with Gasteiger partial charge >= 0.3 is 5.97 Å². The second kappa shape index (κ2) is 5.96. The highest BCUT2D eigenvalue weighted by Crippen LogP contribution is 2.08. The van der Waals surface area contributed by atoms with Gasteiger partial charge in [-0.15, -0.1) is 0 Å². The van der Waals surface area contributed by atoms with Gasteiger partial charge in [0.15, 0.2) is 0 Å². The number of aliphatic carboxylic acids is 1. The molecule has 0 fully saturated rings. The minimum atomic E-state index is -3.54. The maximum Gasteiger partial charge on any atom is 0.306 e. The summed E-state index contributed by atoms with van der Waals surface area (Å²) in [5, 5.41) is 12.5. The molecule has 0 amide bonds. The third-order valence-corrected chi connectivity index (χ3v) is 3.93. The fourth-order valence-electron chi connectivity index (χ4n) is 1.36. The summed E-state index contributed by atoms with van der Waals surface area (Å²) in [4.78, 5) is 10.7. The van der Waals surface area contributed by atoms with E-state index in [2.05, 4.69) is 9.82 Å². The van der Waals surface area contributed by atoms with E-state index < -0.39 is 21.9 Å². The Hall–Kier alpha value is -1.41. The molecular weight excluding hydrogens is 258 g/mol. The molecule has 0 aliphatic carbocycles. The molecule has 1 unspecified atom stereocenters. The Morgan fingerprint density at radius 2 is 2.28 bits per heavy atom. The van der Waals surface area contributed by atoms with Crippen molar-refractivity contribution in [1.29, 1.82) is 0 Å². The Morgan fingerprint density at radius 1 is 1.61 bits per heavy atom. The van der Waals surface area contributed by atoms with E-state index in [1.165, 1.54) is 17.1 Å². The molecule has 0 spiro atoms. The Balaban J connectivity index is 2.42. The highest BCUT2D eigenvalue weighted by atomic mass is 32.2. The molecule has 102 valence electrons. The fourth-order valence-corrected chi connectivity index (χ4v) is 2.42. The molecule has 0 aliphatic rings. The van der Waals surface area contributed by atoms with Gasteiger partial charge in [-0.05, 0) is 12.8 Å². The van der Waals surface area contributed by atoms with Crippen molar-refractivity contribution in [3.8, 4) is 0 Å². The normalized spacial score (nSPS) is 13.4. The first-order valence-electron chi connectivity index (χ1n) is 5.54. The molecule has 7 nitrogen and oxygen atoms in total. The SMILES string of the molecule is CC(CCCNS(=O)(=O)c1cnn(C)c1)C(=O)O. The van der Waals surface area contributed by atoms with Crippen molar-refractivity contribution in [1.82, 2.24) is 14.5 Å². The van der Waals surface area contributed by atoms with Crippen LogP contribution in [0.15, 0.2) is 17.3 Å². The summed E-state index contributed by atoms with van der Waals surface area (Å²) in [6.45, 7) is 1.81. The molecule has 0 bridgehead atoms. The van der Waals surface area contributed by atoms with Gasteiger partial charge in [0.25, 0.3) is 0 Å². The van der Waals surface area contributed by atoms with Gasteiger partial charge in [0.1, 0.15) is 4.90 Å².